The highest BCUT2D eigenvalue weighted by molar-refractivity contribution is 9.11. The van der Waals surface area contributed by atoms with Crippen LogP contribution in [0.15, 0.2) is 34.1 Å². The van der Waals surface area contributed by atoms with E-state index in [-0.39, 0.29) is 6.04 Å². The van der Waals surface area contributed by atoms with Crippen molar-refractivity contribution in [2.24, 2.45) is 0 Å². The fraction of sp³-hybridized carbons (Fsp3) is 0.167. The van der Waals surface area contributed by atoms with Gasteiger partial charge in [0.1, 0.15) is 0 Å². The van der Waals surface area contributed by atoms with Crippen molar-refractivity contribution < 1.29 is 0 Å². The van der Waals surface area contributed by atoms with Crippen molar-refractivity contribution in [3.05, 3.63) is 54.6 Å². The van der Waals surface area contributed by atoms with Gasteiger partial charge in [0.25, 0.3) is 0 Å². The highest BCUT2D eigenvalue weighted by Gasteiger charge is 2.17. The Morgan fingerprint density at radius 2 is 2.00 bits per heavy atom. The van der Waals surface area contributed by atoms with E-state index in [2.05, 4.69) is 27.3 Å². The molecule has 2 rings (SSSR count). The maximum absolute atomic E-state index is 6.22. The normalized spacial score (nSPS) is 12.7. The first-order valence-corrected chi connectivity index (χ1v) is 7.36. The topological polar surface area (TPSA) is 12.0 Å². The van der Waals surface area contributed by atoms with Crippen molar-refractivity contribution in [3.63, 3.8) is 0 Å². The first kappa shape index (κ1) is 13.4. The van der Waals surface area contributed by atoms with E-state index in [1.54, 1.807) is 17.4 Å². The smallest absolute Gasteiger partial charge is 0.0702 e. The monoisotopic (exact) mass is 349 g/mol. The van der Waals surface area contributed by atoms with Crippen LogP contribution in [-0.2, 0) is 0 Å². The van der Waals surface area contributed by atoms with Crippen LogP contribution in [0.1, 0.15) is 16.5 Å². The molecule has 0 saturated carbocycles. The Bertz CT molecular complexity index is 527. The van der Waals surface area contributed by atoms with Gasteiger partial charge in [0.15, 0.2) is 0 Å². The van der Waals surface area contributed by atoms with Gasteiger partial charge in [-0.05, 0) is 58.9 Å². The molecular weight excluding hydrogens is 341 g/mol. The zero-order valence-electron chi connectivity index (χ0n) is 9.01. The second-order valence-corrected chi connectivity index (χ2v) is 6.87. The fourth-order valence-electron chi connectivity index (χ4n) is 1.67. The van der Waals surface area contributed by atoms with Crippen molar-refractivity contribution in [1.29, 1.82) is 0 Å². The molecule has 1 atom stereocenters. The zero-order chi connectivity index (χ0) is 12.4. The standard InChI is InChI=1S/C12H10BrCl2NS/c1-16-12(10-4-5-11(13)17-10)8-6-7(14)2-3-9(8)15/h2-6,12,16H,1H3. The van der Waals surface area contributed by atoms with Gasteiger partial charge in [0, 0.05) is 14.9 Å². The molecule has 0 bridgehead atoms. The molecule has 0 aliphatic rings. The van der Waals surface area contributed by atoms with Gasteiger partial charge in [-0.25, -0.2) is 0 Å². The Balaban J connectivity index is 2.45. The number of hydrogen-bond donors (Lipinski definition) is 1. The van der Waals surface area contributed by atoms with E-state index in [1.165, 1.54) is 4.88 Å². The number of rotatable bonds is 3. The SMILES string of the molecule is CNC(c1ccc(Br)s1)c1cc(Cl)ccc1Cl. The van der Waals surface area contributed by atoms with Gasteiger partial charge in [0.05, 0.1) is 9.83 Å². The Hall–Kier alpha value is -0.0600. The number of nitrogens with one attached hydrogen (secondary N) is 1. The molecule has 90 valence electrons. The molecule has 1 N–H and O–H groups in total. The van der Waals surface area contributed by atoms with Gasteiger partial charge >= 0.3 is 0 Å². The number of thiophene rings is 1. The fourth-order valence-corrected chi connectivity index (χ4v) is 3.63. The van der Waals surface area contributed by atoms with E-state index >= 15 is 0 Å². The van der Waals surface area contributed by atoms with E-state index in [1.807, 2.05) is 25.2 Å². The van der Waals surface area contributed by atoms with Crippen LogP contribution < -0.4 is 5.32 Å². The minimum atomic E-state index is 0.0671. The minimum absolute atomic E-state index is 0.0671. The summed E-state index contributed by atoms with van der Waals surface area (Å²) >= 11 is 17.4. The average Bonchev–Trinajstić information content (AvgIpc) is 2.71. The van der Waals surface area contributed by atoms with Crippen LogP contribution in [0, 0.1) is 0 Å². The molecule has 5 heteroatoms. The summed E-state index contributed by atoms with van der Waals surface area (Å²) in [4.78, 5) is 1.20. The minimum Gasteiger partial charge on any atom is -0.309 e. The van der Waals surface area contributed by atoms with Crippen molar-refractivity contribution in [2.75, 3.05) is 7.05 Å². The van der Waals surface area contributed by atoms with Crippen LogP contribution in [0.25, 0.3) is 0 Å². The molecular formula is C12H10BrCl2NS. The lowest BCUT2D eigenvalue weighted by atomic mass is 10.1. The number of hydrogen-bond acceptors (Lipinski definition) is 2. The molecule has 17 heavy (non-hydrogen) atoms. The summed E-state index contributed by atoms with van der Waals surface area (Å²) < 4.78 is 1.10. The van der Waals surface area contributed by atoms with Crippen LogP contribution in [0.4, 0.5) is 0 Å². The second kappa shape index (κ2) is 5.72. The van der Waals surface area contributed by atoms with E-state index in [0.717, 1.165) is 14.4 Å². The molecule has 1 unspecified atom stereocenters. The Morgan fingerprint density at radius 1 is 1.24 bits per heavy atom. The summed E-state index contributed by atoms with van der Waals surface area (Å²) in [5.41, 5.74) is 0.996. The highest BCUT2D eigenvalue weighted by atomic mass is 79.9. The molecule has 0 aliphatic heterocycles. The van der Waals surface area contributed by atoms with Crippen molar-refractivity contribution in [1.82, 2.24) is 5.32 Å². The van der Waals surface area contributed by atoms with Gasteiger partial charge in [0.2, 0.25) is 0 Å². The average molecular weight is 351 g/mol. The van der Waals surface area contributed by atoms with Gasteiger partial charge in [-0.1, -0.05) is 23.2 Å². The molecule has 1 nitrogen and oxygen atoms in total. The lowest BCUT2D eigenvalue weighted by molar-refractivity contribution is 0.704. The van der Waals surface area contributed by atoms with Crippen LogP contribution in [0.5, 0.6) is 0 Å². The maximum atomic E-state index is 6.22. The Morgan fingerprint density at radius 3 is 2.59 bits per heavy atom. The molecule has 0 fully saturated rings. The third-order valence-electron chi connectivity index (χ3n) is 2.44. The van der Waals surface area contributed by atoms with E-state index < -0.39 is 0 Å². The summed E-state index contributed by atoms with van der Waals surface area (Å²) in [7, 11) is 1.91. The Kier molecular flexibility index (Phi) is 4.50. The van der Waals surface area contributed by atoms with E-state index in [4.69, 9.17) is 23.2 Å². The van der Waals surface area contributed by atoms with Gasteiger partial charge in [-0.3, -0.25) is 0 Å². The molecule has 2 aromatic rings. The third kappa shape index (κ3) is 3.04. The van der Waals surface area contributed by atoms with Crippen molar-refractivity contribution in [3.8, 4) is 0 Å². The van der Waals surface area contributed by atoms with Crippen molar-refractivity contribution in [2.45, 2.75) is 6.04 Å². The molecule has 1 aromatic heterocycles. The van der Waals surface area contributed by atoms with Crippen LogP contribution in [0.2, 0.25) is 10.0 Å². The lowest BCUT2D eigenvalue weighted by Crippen LogP contribution is -2.16. The van der Waals surface area contributed by atoms with Gasteiger partial charge in [-0.2, -0.15) is 0 Å². The van der Waals surface area contributed by atoms with E-state index in [0.29, 0.717) is 5.02 Å². The predicted molar refractivity (Wildman–Crippen MR) is 79.4 cm³/mol. The highest BCUT2D eigenvalue weighted by Crippen LogP contribution is 2.35. The van der Waals surface area contributed by atoms with E-state index in [9.17, 15) is 0 Å². The first-order valence-electron chi connectivity index (χ1n) is 4.99. The zero-order valence-corrected chi connectivity index (χ0v) is 12.9. The number of halogens is 3. The summed E-state index contributed by atoms with van der Waals surface area (Å²) in [5.74, 6) is 0. The van der Waals surface area contributed by atoms with Gasteiger partial charge < -0.3 is 5.32 Å². The summed E-state index contributed by atoms with van der Waals surface area (Å²) in [5, 5.41) is 4.68. The summed E-state index contributed by atoms with van der Waals surface area (Å²) in [6.45, 7) is 0. The summed E-state index contributed by atoms with van der Waals surface area (Å²) in [6.07, 6.45) is 0. The lowest BCUT2D eigenvalue weighted by Gasteiger charge is -2.16. The van der Waals surface area contributed by atoms with Crippen LogP contribution in [-0.4, -0.2) is 7.05 Å². The van der Waals surface area contributed by atoms with Gasteiger partial charge in [-0.15, -0.1) is 11.3 Å². The van der Waals surface area contributed by atoms with Crippen LogP contribution >= 0.6 is 50.5 Å². The van der Waals surface area contributed by atoms with Crippen molar-refractivity contribution >= 4 is 50.5 Å². The van der Waals surface area contributed by atoms with Crippen LogP contribution in [0.3, 0.4) is 0 Å². The summed E-state index contributed by atoms with van der Waals surface area (Å²) in [6, 6.07) is 9.70. The molecule has 0 saturated heterocycles. The second-order valence-electron chi connectivity index (χ2n) is 3.53. The maximum Gasteiger partial charge on any atom is 0.0702 e. The predicted octanol–water partition coefficient (Wildman–Crippen LogP) is 5.13. The molecule has 0 radical (unpaired) electrons. The molecule has 1 heterocycles. The molecule has 0 amide bonds. The quantitative estimate of drug-likeness (QED) is 0.809. The number of benzene rings is 1. The molecule has 1 aromatic carbocycles. The first-order chi connectivity index (χ1) is 8.11. The molecule has 0 aliphatic carbocycles. The Labute approximate surface area is 123 Å². The largest absolute Gasteiger partial charge is 0.309 e. The molecule has 0 spiro atoms. The third-order valence-corrected chi connectivity index (χ3v) is 4.70.